The molecule has 3 unspecified atom stereocenters. The number of hydrogen-bond donors (Lipinski definition) is 1. The van der Waals surface area contributed by atoms with Crippen molar-refractivity contribution in [1.29, 1.82) is 5.26 Å². The van der Waals surface area contributed by atoms with Gasteiger partial charge in [-0.2, -0.15) is 16.6 Å². The number of nitriles is 1. The largest absolute Gasteiger partial charge is 0.444 e. The lowest BCUT2D eigenvalue weighted by Gasteiger charge is -2.29. The predicted octanol–water partition coefficient (Wildman–Crippen LogP) is 4.56. The van der Waals surface area contributed by atoms with Gasteiger partial charge in [0, 0.05) is 67.8 Å². The van der Waals surface area contributed by atoms with Gasteiger partial charge in [0.05, 0.1) is 11.6 Å². The molecule has 0 radical (unpaired) electrons. The second-order valence-corrected chi connectivity index (χ2v) is 13.3. The summed E-state index contributed by atoms with van der Waals surface area (Å²) in [7, 11) is 0. The molecule has 4 heterocycles. The van der Waals surface area contributed by atoms with Crippen LogP contribution in [0.25, 0.3) is 0 Å². The highest BCUT2D eigenvalue weighted by Gasteiger charge is 2.65. The minimum Gasteiger partial charge on any atom is -0.444 e. The van der Waals surface area contributed by atoms with Gasteiger partial charge in [0.1, 0.15) is 17.0 Å². The van der Waals surface area contributed by atoms with E-state index in [0.29, 0.717) is 42.9 Å². The number of likely N-dealkylation sites (tertiary alicyclic amines) is 1. The molecule has 10 heteroatoms. The monoisotopic (exact) mass is 595 g/mol. The summed E-state index contributed by atoms with van der Waals surface area (Å²) in [5.74, 6) is 0.291. The lowest BCUT2D eigenvalue weighted by atomic mass is 9.85. The van der Waals surface area contributed by atoms with Crippen LogP contribution in [0.5, 0.6) is 0 Å². The lowest BCUT2D eigenvalue weighted by molar-refractivity contribution is -0.132. The van der Waals surface area contributed by atoms with Crippen LogP contribution < -0.4 is 5.32 Å². The molecule has 6 rings (SSSR count). The van der Waals surface area contributed by atoms with Crippen LogP contribution in [0, 0.1) is 23.2 Å². The molecule has 1 aliphatic carbocycles. The zero-order chi connectivity index (χ0) is 30.4. The molecule has 1 saturated carbocycles. The first-order valence-electron chi connectivity index (χ1n) is 14.3. The molecule has 3 fully saturated rings. The number of ether oxygens (including phenoxy) is 1. The fourth-order valence-electron chi connectivity index (χ4n) is 6.26. The van der Waals surface area contributed by atoms with E-state index in [9.17, 15) is 14.4 Å². The molecular weight excluding hydrogens is 562 g/mol. The number of amides is 2. The summed E-state index contributed by atoms with van der Waals surface area (Å²) in [6.45, 7) is 6.52. The van der Waals surface area contributed by atoms with Gasteiger partial charge in [0.25, 0.3) is 5.91 Å². The van der Waals surface area contributed by atoms with Gasteiger partial charge in [-0.1, -0.05) is 0 Å². The van der Waals surface area contributed by atoms with Gasteiger partial charge in [-0.05, 0) is 85.1 Å². The lowest BCUT2D eigenvalue weighted by Crippen LogP contribution is -2.51. The summed E-state index contributed by atoms with van der Waals surface area (Å²) < 4.78 is 5.58. The fraction of sp³-hybridized carbons (Fsp3) is 0.364. The molecule has 2 aliphatic heterocycles. The molecule has 0 bridgehead atoms. The van der Waals surface area contributed by atoms with Crippen molar-refractivity contribution in [2.24, 2.45) is 11.8 Å². The van der Waals surface area contributed by atoms with E-state index in [-0.39, 0.29) is 35.7 Å². The number of ketones is 1. The molecule has 2 amide bonds. The standard InChI is InChI=1S/C33H33N5O4S/c1-32(2,3)42-31(41)37-18-25-26(19-37)29(25)38-28(14-27(39)24-6-4-22(17-34)5-7-24)36-33(30(38)40,16-23-10-13-43-20-23)15-21-8-11-35-12-9-21/h4-14,20,25-26,29,36H,15-16,18-19H2,1-3H3/b28-14+. The molecule has 1 aromatic carbocycles. The molecule has 2 saturated heterocycles. The number of piperidine rings is 1. The number of fused-ring (bicyclic) bond motifs is 1. The van der Waals surface area contributed by atoms with Gasteiger partial charge in [0.2, 0.25) is 0 Å². The number of pyridine rings is 1. The second kappa shape index (κ2) is 11.0. The fourth-order valence-corrected chi connectivity index (χ4v) is 6.93. The summed E-state index contributed by atoms with van der Waals surface area (Å²) in [6.07, 6.45) is 5.44. The number of nitrogens with one attached hydrogen (secondary N) is 1. The Balaban J connectivity index is 1.33. The minimum absolute atomic E-state index is 0.0855. The number of carbonyl (C=O) groups is 3. The van der Waals surface area contributed by atoms with E-state index in [4.69, 9.17) is 10.00 Å². The molecule has 9 nitrogen and oxygen atoms in total. The van der Waals surface area contributed by atoms with E-state index in [0.717, 1.165) is 11.1 Å². The Hall–Kier alpha value is -4.49. The van der Waals surface area contributed by atoms with E-state index in [1.54, 1.807) is 57.8 Å². The summed E-state index contributed by atoms with van der Waals surface area (Å²) in [5, 5.41) is 16.7. The topological polar surface area (TPSA) is 116 Å². The number of allylic oxidation sites excluding steroid dienone is 1. The first-order chi connectivity index (χ1) is 20.6. The maximum absolute atomic E-state index is 14.6. The van der Waals surface area contributed by atoms with Crippen LogP contribution in [-0.2, 0) is 22.4 Å². The van der Waals surface area contributed by atoms with Gasteiger partial charge >= 0.3 is 6.09 Å². The van der Waals surface area contributed by atoms with E-state index in [2.05, 4.69) is 16.4 Å². The van der Waals surface area contributed by atoms with Crippen molar-refractivity contribution in [3.63, 3.8) is 0 Å². The van der Waals surface area contributed by atoms with E-state index in [1.165, 1.54) is 6.08 Å². The van der Waals surface area contributed by atoms with Crippen LogP contribution >= 0.6 is 11.3 Å². The maximum atomic E-state index is 14.6. The van der Waals surface area contributed by atoms with Crippen LogP contribution in [0.15, 0.2) is 77.5 Å². The van der Waals surface area contributed by atoms with Gasteiger partial charge < -0.3 is 15.0 Å². The number of aromatic nitrogens is 1. The first-order valence-corrected chi connectivity index (χ1v) is 15.3. The molecule has 3 aromatic rings. The van der Waals surface area contributed by atoms with Gasteiger partial charge in [-0.15, -0.1) is 0 Å². The molecule has 3 aliphatic rings. The predicted molar refractivity (Wildman–Crippen MR) is 161 cm³/mol. The highest BCUT2D eigenvalue weighted by Crippen LogP contribution is 2.52. The molecule has 43 heavy (non-hydrogen) atoms. The summed E-state index contributed by atoms with van der Waals surface area (Å²) in [6, 6.07) is 14.2. The number of nitrogens with zero attached hydrogens (tertiary/aromatic N) is 4. The normalized spacial score (nSPS) is 25.3. The quantitative estimate of drug-likeness (QED) is 0.315. The molecule has 2 aromatic heterocycles. The van der Waals surface area contributed by atoms with Gasteiger partial charge in [-0.25, -0.2) is 4.79 Å². The Kier molecular flexibility index (Phi) is 7.30. The van der Waals surface area contributed by atoms with Crippen molar-refractivity contribution in [2.45, 2.75) is 50.8 Å². The van der Waals surface area contributed by atoms with Crippen molar-refractivity contribution in [3.05, 3.63) is 99.8 Å². The number of rotatable bonds is 7. The highest BCUT2D eigenvalue weighted by atomic mass is 32.1. The van der Waals surface area contributed by atoms with Crippen molar-refractivity contribution in [2.75, 3.05) is 13.1 Å². The Morgan fingerprint density at radius 1 is 1.09 bits per heavy atom. The van der Waals surface area contributed by atoms with Crippen molar-refractivity contribution >= 4 is 29.1 Å². The van der Waals surface area contributed by atoms with Crippen LogP contribution in [-0.4, -0.2) is 62.8 Å². The molecule has 0 spiro atoms. The average Bonchev–Trinajstić information content (AvgIpc) is 3.35. The first kappa shape index (κ1) is 28.6. The van der Waals surface area contributed by atoms with E-state index < -0.39 is 11.1 Å². The second-order valence-electron chi connectivity index (χ2n) is 12.5. The van der Waals surface area contributed by atoms with Crippen LogP contribution in [0.4, 0.5) is 4.79 Å². The molecule has 220 valence electrons. The van der Waals surface area contributed by atoms with Crippen molar-refractivity contribution in [1.82, 2.24) is 20.1 Å². The third-order valence-electron chi connectivity index (χ3n) is 8.26. The Bertz CT molecular complexity index is 1600. The Morgan fingerprint density at radius 3 is 2.37 bits per heavy atom. The number of carbonyl (C=O) groups excluding carboxylic acids is 3. The summed E-state index contributed by atoms with van der Waals surface area (Å²) >= 11 is 1.58. The third-order valence-corrected chi connectivity index (χ3v) is 8.99. The zero-order valence-corrected chi connectivity index (χ0v) is 25.1. The molecule has 3 atom stereocenters. The third kappa shape index (κ3) is 5.77. The highest BCUT2D eigenvalue weighted by molar-refractivity contribution is 7.07. The maximum Gasteiger partial charge on any atom is 0.410 e. The van der Waals surface area contributed by atoms with Crippen LogP contribution in [0.3, 0.4) is 0 Å². The van der Waals surface area contributed by atoms with Gasteiger partial charge in [0.15, 0.2) is 5.78 Å². The van der Waals surface area contributed by atoms with Crippen molar-refractivity contribution in [3.8, 4) is 6.07 Å². The SMILES string of the molecule is CC(C)(C)OC(=O)N1CC2C(C1)C2N1C(=O)C(Cc2ccncc2)(Cc2ccsc2)N/C1=C\C(=O)c1ccc(C#N)cc1. The number of thiophene rings is 1. The van der Waals surface area contributed by atoms with Crippen molar-refractivity contribution < 1.29 is 19.1 Å². The van der Waals surface area contributed by atoms with Crippen LogP contribution in [0.1, 0.15) is 47.8 Å². The molecule has 1 N–H and O–H groups in total. The number of benzene rings is 1. The van der Waals surface area contributed by atoms with E-state index >= 15 is 0 Å². The Morgan fingerprint density at radius 2 is 1.77 bits per heavy atom. The Labute approximate surface area is 254 Å². The number of hydrogen-bond acceptors (Lipinski definition) is 8. The molecular formula is C33H33N5O4S. The summed E-state index contributed by atoms with van der Waals surface area (Å²) in [5.41, 5.74) is 1.28. The van der Waals surface area contributed by atoms with E-state index in [1.807, 2.05) is 49.7 Å². The van der Waals surface area contributed by atoms with Crippen LogP contribution in [0.2, 0.25) is 0 Å². The smallest absolute Gasteiger partial charge is 0.410 e. The summed E-state index contributed by atoms with van der Waals surface area (Å²) in [4.78, 5) is 48.5. The average molecular weight is 596 g/mol. The van der Waals surface area contributed by atoms with Gasteiger partial charge in [-0.3, -0.25) is 19.5 Å². The zero-order valence-electron chi connectivity index (χ0n) is 24.3. The minimum atomic E-state index is -1.01.